The number of carbonyl (C=O) groups is 3. The van der Waals surface area contributed by atoms with Gasteiger partial charge in [-0.15, -0.1) is 13.2 Å². The van der Waals surface area contributed by atoms with E-state index in [-0.39, 0.29) is 40.7 Å². The van der Waals surface area contributed by atoms with Gasteiger partial charge in [0.2, 0.25) is 11.8 Å². The molecule has 37 heavy (non-hydrogen) atoms. The normalized spacial score (nSPS) is 20.8. The Hall–Kier alpha value is -3.73. The lowest BCUT2D eigenvalue weighted by Gasteiger charge is -2.27. The second-order valence-electron chi connectivity index (χ2n) is 8.44. The van der Waals surface area contributed by atoms with Crippen molar-refractivity contribution >= 4 is 43.3 Å². The first-order valence-electron chi connectivity index (χ1n) is 10.9. The molecule has 2 aromatic carbocycles. The van der Waals surface area contributed by atoms with Crippen LogP contribution >= 0.6 is 8.58 Å². The molecule has 4 N–H and O–H groups in total. The number of hydrogen-bond acceptors (Lipinski definition) is 7. The Morgan fingerprint density at radius 1 is 1.22 bits per heavy atom. The molecule has 4 atom stereocenters. The fraction of sp³-hybridized carbons (Fsp3) is 0.304. The molecule has 2 aromatic rings. The van der Waals surface area contributed by atoms with Crippen LogP contribution in [0.25, 0.3) is 0 Å². The molecule has 2 heterocycles. The van der Waals surface area contributed by atoms with Gasteiger partial charge in [0.15, 0.2) is 17.3 Å². The maximum absolute atomic E-state index is 14.5. The van der Waals surface area contributed by atoms with E-state index in [2.05, 4.69) is 15.4 Å². The summed E-state index contributed by atoms with van der Waals surface area (Å²) in [6.45, 7) is 0.889. The number of alkyl halides is 3. The monoisotopic (exact) mass is 540 g/mol. The van der Waals surface area contributed by atoms with E-state index in [1.165, 1.54) is 30.0 Å². The summed E-state index contributed by atoms with van der Waals surface area (Å²) in [4.78, 5) is 39.0. The Bertz CT molecular complexity index is 1290. The number of nitrogens with one attached hydrogen (secondary N) is 3. The van der Waals surface area contributed by atoms with Crippen molar-refractivity contribution < 1.29 is 41.8 Å². The average Bonchev–Trinajstić information content (AvgIpc) is 3.48. The first kappa shape index (κ1) is 26.3. The molecular formula is C23H21F4N4O5P. The van der Waals surface area contributed by atoms with Crippen LogP contribution < -0.4 is 15.4 Å². The molecule has 2 aliphatic heterocycles. The Kier molecular flexibility index (Phi) is 7.09. The molecule has 2 saturated heterocycles. The van der Waals surface area contributed by atoms with E-state index >= 15 is 0 Å². The molecule has 9 nitrogen and oxygen atoms in total. The smallest absolute Gasteiger partial charge is 0.508 e. The van der Waals surface area contributed by atoms with Gasteiger partial charge in [0.1, 0.15) is 17.5 Å². The van der Waals surface area contributed by atoms with E-state index in [4.69, 9.17) is 5.41 Å². The second-order valence-corrected chi connectivity index (χ2v) is 10.1. The third kappa shape index (κ3) is 5.82. The standard InChI is InChI=1S/C23H21F4N4O5P/c1-10(32)20(28)12-7-11(33)5-6-13(12)29-9-18(34)31-15(8-17-22(31)37-17)21(35)30-14-3-2-4-16(19(14)24)36-23(25,26)27/h2-7,15,17,22,28-29,33,37H,8-9H2,1H3,(H,30,35)/t15-,17?,22+/m0/s1. The molecule has 0 radical (unpaired) electrons. The summed E-state index contributed by atoms with van der Waals surface area (Å²) in [5.41, 5.74) is -0.438. The van der Waals surface area contributed by atoms with Gasteiger partial charge >= 0.3 is 6.36 Å². The fourth-order valence-corrected chi connectivity index (χ4v) is 5.59. The van der Waals surface area contributed by atoms with Gasteiger partial charge in [-0.25, -0.2) is 4.39 Å². The van der Waals surface area contributed by atoms with Crippen LogP contribution in [0.15, 0.2) is 36.4 Å². The Morgan fingerprint density at radius 3 is 2.62 bits per heavy atom. The minimum absolute atomic E-state index is 0.0959. The largest absolute Gasteiger partial charge is 0.573 e. The Balaban J connectivity index is 1.46. The van der Waals surface area contributed by atoms with E-state index < -0.39 is 47.3 Å². The van der Waals surface area contributed by atoms with Crippen LogP contribution in [0.3, 0.4) is 0 Å². The highest BCUT2D eigenvalue weighted by Gasteiger charge is 2.56. The molecule has 0 saturated carbocycles. The maximum Gasteiger partial charge on any atom is 0.573 e. The SMILES string of the molecule is CC(=O)C(=N)c1cc(O)ccc1NCC(=O)N1[C@@H]2PC2C[C@H]1C(=O)Nc1cccc(OC(F)(F)F)c1F. The number of ketones is 1. The van der Waals surface area contributed by atoms with Crippen molar-refractivity contribution in [2.45, 2.75) is 37.2 Å². The number of likely N-dealkylation sites (tertiary alicyclic amines) is 1. The number of phenols is 1. The number of benzene rings is 2. The van der Waals surface area contributed by atoms with Gasteiger partial charge in [0.05, 0.1) is 18.0 Å². The van der Waals surface area contributed by atoms with Gasteiger partial charge in [-0.2, -0.15) is 0 Å². The van der Waals surface area contributed by atoms with Crippen molar-refractivity contribution in [3.05, 3.63) is 47.8 Å². The Labute approximate surface area is 209 Å². The van der Waals surface area contributed by atoms with Gasteiger partial charge in [0, 0.05) is 23.8 Å². The van der Waals surface area contributed by atoms with Crippen LogP contribution in [-0.2, 0) is 14.4 Å². The molecule has 196 valence electrons. The number of ether oxygens (including phenoxy) is 1. The summed E-state index contributed by atoms with van der Waals surface area (Å²) >= 11 is 0. The van der Waals surface area contributed by atoms with Crippen LogP contribution in [0.4, 0.5) is 28.9 Å². The number of aromatic hydroxyl groups is 1. The van der Waals surface area contributed by atoms with Crippen molar-refractivity contribution in [1.82, 2.24) is 4.90 Å². The van der Waals surface area contributed by atoms with Crippen LogP contribution in [0.5, 0.6) is 11.5 Å². The van der Waals surface area contributed by atoms with Gasteiger partial charge in [-0.3, -0.25) is 19.8 Å². The molecule has 0 spiro atoms. The number of carbonyl (C=O) groups excluding carboxylic acids is 3. The number of nitrogens with zero attached hydrogens (tertiary/aromatic N) is 1. The summed E-state index contributed by atoms with van der Waals surface area (Å²) in [6.07, 6.45) is -4.80. The van der Waals surface area contributed by atoms with Gasteiger partial charge < -0.3 is 25.4 Å². The van der Waals surface area contributed by atoms with Gasteiger partial charge in [-0.1, -0.05) is 14.6 Å². The highest BCUT2D eigenvalue weighted by atomic mass is 31.1. The number of fused-ring (bicyclic) bond motifs is 1. The zero-order valence-electron chi connectivity index (χ0n) is 19.1. The molecule has 2 aliphatic rings. The van der Waals surface area contributed by atoms with Crippen LogP contribution in [0, 0.1) is 11.2 Å². The van der Waals surface area contributed by atoms with Crippen molar-refractivity contribution in [2.75, 3.05) is 17.2 Å². The van der Waals surface area contributed by atoms with E-state index in [0.717, 1.165) is 18.2 Å². The maximum atomic E-state index is 14.5. The number of Topliss-reactive ketones (excluding diaryl/α,β-unsaturated/α-hetero) is 1. The second kappa shape index (κ2) is 9.97. The first-order valence-corrected chi connectivity index (χ1v) is 12.1. The van der Waals surface area contributed by atoms with E-state index in [1.807, 2.05) is 0 Å². The quantitative estimate of drug-likeness (QED) is 0.176. The number of hydrogen-bond donors (Lipinski definition) is 4. The highest BCUT2D eigenvalue weighted by Crippen LogP contribution is 2.59. The predicted octanol–water partition coefficient (Wildman–Crippen LogP) is 3.43. The highest BCUT2D eigenvalue weighted by molar-refractivity contribution is 7.49. The third-order valence-electron chi connectivity index (χ3n) is 5.86. The number of phenolic OH excluding ortho intramolecular Hbond substituents is 1. The Morgan fingerprint density at radius 2 is 1.95 bits per heavy atom. The molecule has 2 unspecified atom stereocenters. The minimum Gasteiger partial charge on any atom is -0.508 e. The third-order valence-corrected chi connectivity index (χ3v) is 7.48. The summed E-state index contributed by atoms with van der Waals surface area (Å²) in [7, 11) is 0.420. The van der Waals surface area contributed by atoms with Crippen LogP contribution in [0.2, 0.25) is 0 Å². The molecule has 0 aromatic heterocycles. The molecule has 2 fully saturated rings. The summed E-state index contributed by atoms with van der Waals surface area (Å²) < 4.78 is 55.7. The molecule has 4 rings (SSSR count). The fourth-order valence-electron chi connectivity index (χ4n) is 4.12. The van der Waals surface area contributed by atoms with Crippen molar-refractivity contribution in [2.24, 2.45) is 0 Å². The summed E-state index contributed by atoms with van der Waals surface area (Å²) in [5.74, 6) is -4.62. The number of rotatable bonds is 8. The first-order chi connectivity index (χ1) is 17.4. The average molecular weight is 540 g/mol. The molecule has 14 heteroatoms. The van der Waals surface area contributed by atoms with Crippen molar-refractivity contribution in [1.29, 1.82) is 5.41 Å². The predicted molar refractivity (Wildman–Crippen MR) is 127 cm³/mol. The zero-order chi connectivity index (χ0) is 27.1. The number of amides is 2. The summed E-state index contributed by atoms with van der Waals surface area (Å²) in [5, 5.41) is 22.7. The van der Waals surface area contributed by atoms with E-state index in [1.54, 1.807) is 0 Å². The lowest BCUT2D eigenvalue weighted by Crippen LogP contribution is -2.47. The van der Waals surface area contributed by atoms with Crippen molar-refractivity contribution in [3.8, 4) is 11.5 Å². The molecular weight excluding hydrogens is 519 g/mol. The topological polar surface area (TPSA) is 132 Å². The lowest BCUT2D eigenvalue weighted by atomic mass is 10.0. The molecule has 0 aliphatic carbocycles. The van der Waals surface area contributed by atoms with Crippen LogP contribution in [-0.4, -0.2) is 63.7 Å². The van der Waals surface area contributed by atoms with E-state index in [9.17, 15) is 37.1 Å². The van der Waals surface area contributed by atoms with Crippen molar-refractivity contribution in [3.63, 3.8) is 0 Å². The number of anilines is 2. The lowest BCUT2D eigenvalue weighted by molar-refractivity contribution is -0.275. The zero-order valence-corrected chi connectivity index (χ0v) is 20.1. The van der Waals surface area contributed by atoms with Crippen LogP contribution in [0.1, 0.15) is 18.9 Å². The summed E-state index contributed by atoms with van der Waals surface area (Å²) in [6, 6.07) is 5.92. The van der Waals surface area contributed by atoms with E-state index in [0.29, 0.717) is 15.0 Å². The molecule has 0 bridgehead atoms. The molecule has 2 amide bonds. The van der Waals surface area contributed by atoms with Gasteiger partial charge in [-0.05, 0) is 36.8 Å². The number of halogens is 4. The van der Waals surface area contributed by atoms with Gasteiger partial charge in [0.25, 0.3) is 0 Å². The minimum atomic E-state index is -5.12.